The van der Waals surface area contributed by atoms with Gasteiger partial charge < -0.3 is 0 Å². The highest BCUT2D eigenvalue weighted by Crippen LogP contribution is 2.28. The normalized spacial score (nSPS) is 19.0. The topological polar surface area (TPSA) is 77.4 Å². The molecule has 6 nitrogen and oxygen atoms in total. The maximum absolute atomic E-state index is 8.88. The molecule has 110 valence electrons. The van der Waals surface area contributed by atoms with Crippen molar-refractivity contribution < 1.29 is 30.1 Å². The van der Waals surface area contributed by atoms with Gasteiger partial charge in [0.05, 0.1) is 0 Å². The molecule has 0 aliphatic rings. The monoisotopic (exact) mass is 266 g/mol. The van der Waals surface area contributed by atoms with Gasteiger partial charge in [-0.3, -0.25) is 0 Å². The zero-order valence-corrected chi connectivity index (χ0v) is 12.1. The molecule has 2 N–H and O–H groups in total. The lowest BCUT2D eigenvalue weighted by Crippen LogP contribution is -2.40. The molecule has 6 heteroatoms. The van der Waals surface area contributed by atoms with E-state index in [1.54, 1.807) is 13.8 Å². The van der Waals surface area contributed by atoms with Crippen molar-refractivity contribution >= 4 is 0 Å². The number of hydrogen-bond donors (Lipinski definition) is 2. The standard InChI is InChI=1S/C12H26O6/c1-9(2)7-11(5,15-13)17-18-12(6,16-14)8-10(3)4/h9-10,13-14H,7-8H2,1-6H3. The van der Waals surface area contributed by atoms with Crippen molar-refractivity contribution in [2.45, 2.75) is 66.0 Å². The van der Waals surface area contributed by atoms with Gasteiger partial charge >= 0.3 is 0 Å². The Morgan fingerprint density at radius 3 is 1.22 bits per heavy atom. The van der Waals surface area contributed by atoms with Crippen molar-refractivity contribution in [3.8, 4) is 0 Å². The van der Waals surface area contributed by atoms with Crippen LogP contribution < -0.4 is 0 Å². The van der Waals surface area contributed by atoms with Crippen molar-refractivity contribution in [2.75, 3.05) is 0 Å². The first-order valence-electron chi connectivity index (χ1n) is 6.18. The fourth-order valence-electron chi connectivity index (χ4n) is 1.83. The predicted octanol–water partition coefficient (Wildman–Crippen LogP) is 3.44. The SMILES string of the molecule is CC(C)CC(C)(OO)OOC(C)(CC(C)C)OO. The van der Waals surface area contributed by atoms with Crippen LogP contribution in [0.25, 0.3) is 0 Å². The Morgan fingerprint density at radius 2 is 1.06 bits per heavy atom. The van der Waals surface area contributed by atoms with E-state index in [1.807, 2.05) is 27.7 Å². The van der Waals surface area contributed by atoms with Crippen LogP contribution in [0.3, 0.4) is 0 Å². The van der Waals surface area contributed by atoms with Crippen molar-refractivity contribution in [3.05, 3.63) is 0 Å². The zero-order valence-electron chi connectivity index (χ0n) is 12.1. The summed E-state index contributed by atoms with van der Waals surface area (Å²) in [6.07, 6.45) is 0.847. The molecule has 0 aromatic rings. The summed E-state index contributed by atoms with van der Waals surface area (Å²) in [6, 6.07) is 0. The molecular formula is C12H26O6. The molecule has 0 aliphatic heterocycles. The summed E-state index contributed by atoms with van der Waals surface area (Å²) in [5, 5.41) is 17.8. The van der Waals surface area contributed by atoms with Gasteiger partial charge in [-0.05, 0) is 25.7 Å². The fourth-order valence-corrected chi connectivity index (χ4v) is 1.83. The van der Waals surface area contributed by atoms with Crippen LogP contribution in [0.15, 0.2) is 0 Å². The molecule has 0 radical (unpaired) electrons. The summed E-state index contributed by atoms with van der Waals surface area (Å²) < 4.78 is 0. The third-order valence-corrected chi connectivity index (χ3v) is 2.34. The van der Waals surface area contributed by atoms with Crippen LogP contribution in [0.5, 0.6) is 0 Å². The first-order chi connectivity index (χ1) is 8.16. The molecule has 2 atom stereocenters. The Hall–Kier alpha value is -0.240. The molecule has 0 heterocycles. The van der Waals surface area contributed by atoms with Crippen molar-refractivity contribution in [1.29, 1.82) is 0 Å². The Balaban J connectivity index is 4.48. The van der Waals surface area contributed by atoms with E-state index in [4.69, 9.17) is 20.3 Å². The van der Waals surface area contributed by atoms with Crippen LogP contribution in [0.4, 0.5) is 0 Å². The molecule has 0 saturated carbocycles. The molecule has 0 amide bonds. The van der Waals surface area contributed by atoms with Gasteiger partial charge in [-0.1, -0.05) is 27.7 Å². The minimum absolute atomic E-state index is 0.233. The summed E-state index contributed by atoms with van der Waals surface area (Å²) in [7, 11) is 0. The van der Waals surface area contributed by atoms with Crippen molar-refractivity contribution in [1.82, 2.24) is 0 Å². The summed E-state index contributed by atoms with van der Waals surface area (Å²) >= 11 is 0. The first kappa shape index (κ1) is 17.8. The third-order valence-electron chi connectivity index (χ3n) is 2.34. The first-order valence-corrected chi connectivity index (χ1v) is 6.18. The summed E-state index contributed by atoms with van der Waals surface area (Å²) in [5.41, 5.74) is 0. The fraction of sp³-hybridized carbons (Fsp3) is 1.00. The van der Waals surface area contributed by atoms with E-state index in [1.165, 1.54) is 0 Å². The van der Waals surface area contributed by atoms with Crippen molar-refractivity contribution in [2.24, 2.45) is 11.8 Å². The van der Waals surface area contributed by atoms with E-state index >= 15 is 0 Å². The minimum Gasteiger partial charge on any atom is -0.249 e. The van der Waals surface area contributed by atoms with Gasteiger partial charge in [0.1, 0.15) is 0 Å². The van der Waals surface area contributed by atoms with Crippen LogP contribution in [0.1, 0.15) is 54.4 Å². The van der Waals surface area contributed by atoms with E-state index in [2.05, 4.69) is 9.78 Å². The molecule has 0 aliphatic carbocycles. The van der Waals surface area contributed by atoms with E-state index in [0.717, 1.165) is 0 Å². The van der Waals surface area contributed by atoms with Gasteiger partial charge in [0.25, 0.3) is 0 Å². The highest BCUT2D eigenvalue weighted by molar-refractivity contribution is 4.65. The van der Waals surface area contributed by atoms with Gasteiger partial charge in [-0.2, -0.15) is 9.78 Å². The van der Waals surface area contributed by atoms with Crippen LogP contribution in [0, 0.1) is 11.8 Å². The Labute approximate surface area is 109 Å². The van der Waals surface area contributed by atoms with Gasteiger partial charge in [0.2, 0.25) is 11.6 Å². The molecule has 0 spiro atoms. The lowest BCUT2D eigenvalue weighted by Gasteiger charge is -2.32. The van der Waals surface area contributed by atoms with Crippen LogP contribution in [0.2, 0.25) is 0 Å². The van der Waals surface area contributed by atoms with E-state index in [-0.39, 0.29) is 11.8 Å². The zero-order chi connectivity index (χ0) is 14.4. The molecule has 0 fully saturated rings. The molecule has 0 aromatic heterocycles. The predicted molar refractivity (Wildman–Crippen MR) is 65.3 cm³/mol. The second kappa shape index (κ2) is 7.37. The maximum Gasteiger partial charge on any atom is 0.231 e. The van der Waals surface area contributed by atoms with Crippen LogP contribution in [-0.4, -0.2) is 22.1 Å². The molecule has 0 saturated heterocycles. The third kappa shape index (κ3) is 6.63. The lowest BCUT2D eigenvalue weighted by molar-refractivity contribution is -0.568. The average molecular weight is 266 g/mol. The van der Waals surface area contributed by atoms with Crippen LogP contribution in [-0.2, 0) is 19.6 Å². The maximum atomic E-state index is 8.88. The number of rotatable bonds is 9. The molecule has 2 unspecified atom stereocenters. The minimum atomic E-state index is -1.30. The molecule has 0 aromatic carbocycles. The summed E-state index contributed by atoms with van der Waals surface area (Å²) in [4.78, 5) is 18.8. The second-order valence-electron chi connectivity index (χ2n) is 5.81. The number of hydrogen-bond acceptors (Lipinski definition) is 6. The lowest BCUT2D eigenvalue weighted by atomic mass is 10.0. The quantitative estimate of drug-likeness (QED) is 0.378. The Kier molecular flexibility index (Phi) is 7.28. The second-order valence-corrected chi connectivity index (χ2v) is 5.81. The van der Waals surface area contributed by atoms with Gasteiger partial charge in [-0.25, -0.2) is 20.3 Å². The van der Waals surface area contributed by atoms with Crippen molar-refractivity contribution in [3.63, 3.8) is 0 Å². The van der Waals surface area contributed by atoms with Gasteiger partial charge in [0, 0.05) is 12.8 Å². The highest BCUT2D eigenvalue weighted by Gasteiger charge is 2.36. The largest absolute Gasteiger partial charge is 0.249 e. The van der Waals surface area contributed by atoms with E-state index in [0.29, 0.717) is 12.8 Å². The Morgan fingerprint density at radius 1 is 0.778 bits per heavy atom. The van der Waals surface area contributed by atoms with E-state index in [9.17, 15) is 0 Å². The average Bonchev–Trinajstić information content (AvgIpc) is 2.25. The molecular weight excluding hydrogens is 240 g/mol. The van der Waals surface area contributed by atoms with Crippen LogP contribution >= 0.6 is 0 Å². The molecule has 0 bridgehead atoms. The van der Waals surface area contributed by atoms with Gasteiger partial charge in [0.15, 0.2) is 0 Å². The van der Waals surface area contributed by atoms with E-state index < -0.39 is 11.6 Å². The van der Waals surface area contributed by atoms with Gasteiger partial charge in [-0.15, -0.1) is 0 Å². The molecule has 18 heavy (non-hydrogen) atoms. The Bertz CT molecular complexity index is 209. The molecule has 0 rings (SSSR count). The summed E-state index contributed by atoms with van der Waals surface area (Å²) in [6.45, 7) is 10.9. The smallest absolute Gasteiger partial charge is 0.231 e. The summed E-state index contributed by atoms with van der Waals surface area (Å²) in [5.74, 6) is -2.13. The highest BCUT2D eigenvalue weighted by atomic mass is 17.3.